The molecule has 0 aromatic carbocycles. The molecular formula is C45H70NO8P. The van der Waals surface area contributed by atoms with Crippen LogP contribution in [0.2, 0.25) is 0 Å². The van der Waals surface area contributed by atoms with Crippen LogP contribution < -0.4 is 5.32 Å². The van der Waals surface area contributed by atoms with E-state index in [9.17, 15) is 24.2 Å². The molecule has 308 valence electrons. The molecule has 0 saturated carbocycles. The molecule has 0 bridgehead atoms. The third-order valence-corrected chi connectivity index (χ3v) is 8.40. The van der Waals surface area contributed by atoms with Gasteiger partial charge in [0.25, 0.3) is 0 Å². The predicted octanol–water partition coefficient (Wildman–Crippen LogP) is 11.0. The fourth-order valence-electron chi connectivity index (χ4n) is 4.48. The van der Waals surface area contributed by atoms with Crippen LogP contribution in [0.1, 0.15) is 117 Å². The number of hydrogen-bond donors (Lipinski definition) is 3. The predicted molar refractivity (Wildman–Crippen MR) is 228 cm³/mol. The second-order valence-electron chi connectivity index (χ2n) is 12.5. The SMILES string of the molecule is CC/C=C\C/C=C\C/C=C\C/C=C\C/C=C\C/C=C\C/C=C\CC(=O)OCC(O)COP(=O)(O)OCCNC(=O)CCCCC/C=C\C/C=C\C/C=C\CC. The summed E-state index contributed by atoms with van der Waals surface area (Å²) in [5.74, 6) is -0.695. The summed E-state index contributed by atoms with van der Waals surface area (Å²) in [6, 6.07) is 0. The normalized spacial score (nSPS) is 14.6. The molecule has 0 heterocycles. The second kappa shape index (κ2) is 40.1. The van der Waals surface area contributed by atoms with Gasteiger partial charge in [0.15, 0.2) is 0 Å². The van der Waals surface area contributed by atoms with Gasteiger partial charge in [-0.25, -0.2) is 4.57 Å². The Labute approximate surface area is 332 Å². The molecule has 0 aliphatic carbocycles. The Morgan fingerprint density at radius 1 is 0.582 bits per heavy atom. The van der Waals surface area contributed by atoms with Crippen molar-refractivity contribution in [2.24, 2.45) is 0 Å². The van der Waals surface area contributed by atoms with Crippen LogP contribution in [0.3, 0.4) is 0 Å². The molecule has 0 spiro atoms. The van der Waals surface area contributed by atoms with Gasteiger partial charge in [-0.2, -0.15) is 0 Å². The van der Waals surface area contributed by atoms with E-state index in [-0.39, 0.29) is 32.1 Å². The van der Waals surface area contributed by atoms with Gasteiger partial charge in [0.2, 0.25) is 5.91 Å². The van der Waals surface area contributed by atoms with Crippen molar-refractivity contribution in [3.05, 3.63) is 122 Å². The highest BCUT2D eigenvalue weighted by atomic mass is 31.2. The van der Waals surface area contributed by atoms with Crippen LogP contribution in [-0.2, 0) is 27.9 Å². The number of nitrogens with one attached hydrogen (secondary N) is 1. The zero-order chi connectivity index (χ0) is 40.3. The summed E-state index contributed by atoms with van der Waals surface area (Å²) in [5.41, 5.74) is 0. The van der Waals surface area contributed by atoms with Crippen molar-refractivity contribution in [3.8, 4) is 0 Å². The van der Waals surface area contributed by atoms with Gasteiger partial charge in [-0.1, -0.05) is 142 Å². The second-order valence-corrected chi connectivity index (χ2v) is 14.0. The highest BCUT2D eigenvalue weighted by Gasteiger charge is 2.23. The quantitative estimate of drug-likeness (QED) is 0.0251. The maximum atomic E-state index is 12.1. The Balaban J connectivity index is 3.83. The number of aliphatic hydroxyl groups is 1. The number of unbranched alkanes of at least 4 members (excludes halogenated alkanes) is 3. The monoisotopic (exact) mass is 783 g/mol. The molecule has 0 saturated heterocycles. The van der Waals surface area contributed by atoms with Crippen molar-refractivity contribution >= 4 is 19.7 Å². The van der Waals surface area contributed by atoms with Crippen LogP contribution >= 0.6 is 7.82 Å². The number of ether oxygens (including phenoxy) is 1. The summed E-state index contributed by atoms with van der Waals surface area (Å²) >= 11 is 0. The molecule has 9 nitrogen and oxygen atoms in total. The van der Waals surface area contributed by atoms with E-state index in [4.69, 9.17) is 13.8 Å². The minimum Gasteiger partial charge on any atom is -0.463 e. The smallest absolute Gasteiger partial charge is 0.463 e. The average molecular weight is 784 g/mol. The maximum absolute atomic E-state index is 12.1. The van der Waals surface area contributed by atoms with Gasteiger partial charge >= 0.3 is 13.8 Å². The molecule has 0 rings (SSSR count). The Hall–Kier alpha value is -3.59. The molecule has 3 N–H and O–H groups in total. The number of hydrogen-bond acceptors (Lipinski definition) is 7. The van der Waals surface area contributed by atoms with Crippen LogP contribution in [0, 0.1) is 0 Å². The van der Waals surface area contributed by atoms with Crippen LogP contribution in [-0.4, -0.2) is 54.3 Å². The van der Waals surface area contributed by atoms with Gasteiger partial charge in [-0.15, -0.1) is 0 Å². The molecular weight excluding hydrogens is 713 g/mol. The average Bonchev–Trinajstić information content (AvgIpc) is 3.17. The number of aliphatic hydroxyl groups excluding tert-OH is 1. The van der Waals surface area contributed by atoms with Crippen molar-refractivity contribution in [2.75, 3.05) is 26.4 Å². The number of rotatable bonds is 35. The third-order valence-electron chi connectivity index (χ3n) is 7.42. The van der Waals surface area contributed by atoms with E-state index in [0.717, 1.165) is 83.5 Å². The molecule has 10 heteroatoms. The van der Waals surface area contributed by atoms with Crippen LogP contribution in [0.25, 0.3) is 0 Å². The van der Waals surface area contributed by atoms with Gasteiger partial charge in [-0.05, 0) is 83.5 Å². The fraction of sp³-hybridized carbons (Fsp3) is 0.511. The fourth-order valence-corrected chi connectivity index (χ4v) is 5.23. The number of phosphoric ester groups is 1. The lowest BCUT2D eigenvalue weighted by molar-refractivity contribution is -0.146. The first-order valence-corrected chi connectivity index (χ1v) is 21.5. The van der Waals surface area contributed by atoms with Crippen molar-refractivity contribution in [3.63, 3.8) is 0 Å². The van der Waals surface area contributed by atoms with E-state index < -0.39 is 26.5 Å². The summed E-state index contributed by atoms with van der Waals surface area (Å²) in [5, 5.41) is 12.6. The molecule has 0 fully saturated rings. The minimum atomic E-state index is -4.45. The topological polar surface area (TPSA) is 131 Å². The zero-order valence-corrected chi connectivity index (χ0v) is 34.5. The van der Waals surface area contributed by atoms with E-state index in [1.807, 2.05) is 12.2 Å². The molecule has 55 heavy (non-hydrogen) atoms. The molecule has 0 aliphatic heterocycles. The van der Waals surface area contributed by atoms with E-state index in [1.165, 1.54) is 0 Å². The molecule has 2 unspecified atom stereocenters. The lowest BCUT2D eigenvalue weighted by Crippen LogP contribution is -2.27. The van der Waals surface area contributed by atoms with Gasteiger partial charge in [0.05, 0.1) is 19.6 Å². The first-order chi connectivity index (χ1) is 26.8. The lowest BCUT2D eigenvalue weighted by Gasteiger charge is -2.15. The Kier molecular flexibility index (Phi) is 37.5. The first kappa shape index (κ1) is 51.4. The van der Waals surface area contributed by atoms with Gasteiger partial charge in [0, 0.05) is 13.0 Å². The van der Waals surface area contributed by atoms with Crippen LogP contribution in [0.15, 0.2) is 122 Å². The zero-order valence-electron chi connectivity index (χ0n) is 33.6. The highest BCUT2D eigenvalue weighted by molar-refractivity contribution is 7.47. The molecule has 1 amide bonds. The number of allylic oxidation sites excluding steroid dienone is 19. The standard InChI is InChI=1S/C45H70NO8P/c1-3-5-7-9-11-13-15-17-18-19-20-21-22-23-24-26-28-30-32-34-36-38-45(49)52-41-43(47)42-54-55(50,51)53-40-39-46-44(48)37-35-33-31-29-27-25-16-14-12-10-8-6-4-2/h5-8,11-14,17-18,20-21,23-25,27-28,30,34,36,43,47H,3-4,9-10,15-16,19,22,26,29,31-33,35,37-42H2,1-2H3,(H,46,48)(H,50,51)/b7-5-,8-6-,13-11-,14-12-,18-17-,21-20-,24-23-,27-25-,30-28-,36-34-. The van der Waals surface area contributed by atoms with Crippen LogP contribution in [0.4, 0.5) is 0 Å². The van der Waals surface area contributed by atoms with E-state index in [0.29, 0.717) is 12.8 Å². The molecule has 2 atom stereocenters. The van der Waals surface area contributed by atoms with Gasteiger partial charge < -0.3 is 20.1 Å². The lowest BCUT2D eigenvalue weighted by atomic mass is 10.1. The van der Waals surface area contributed by atoms with Gasteiger partial charge in [-0.3, -0.25) is 18.6 Å². The van der Waals surface area contributed by atoms with Gasteiger partial charge in [0.1, 0.15) is 12.7 Å². The number of amides is 1. The summed E-state index contributed by atoms with van der Waals surface area (Å²) in [6.07, 6.45) is 54.4. The number of carbonyl (C=O) groups is 2. The Bertz CT molecular complexity index is 1310. The summed E-state index contributed by atoms with van der Waals surface area (Å²) < 4.78 is 26.7. The Morgan fingerprint density at radius 2 is 1.02 bits per heavy atom. The van der Waals surface area contributed by atoms with Crippen molar-refractivity contribution in [1.82, 2.24) is 5.32 Å². The van der Waals surface area contributed by atoms with Crippen molar-refractivity contribution in [2.45, 2.75) is 123 Å². The molecule has 0 radical (unpaired) electrons. The van der Waals surface area contributed by atoms with Crippen molar-refractivity contribution < 1.29 is 37.9 Å². The summed E-state index contributed by atoms with van der Waals surface area (Å²) in [6.45, 7) is 3.13. The summed E-state index contributed by atoms with van der Waals surface area (Å²) in [7, 11) is -4.45. The number of carbonyl (C=O) groups excluding carboxylic acids is 2. The molecule has 0 aliphatic rings. The third kappa shape index (κ3) is 41.4. The first-order valence-electron chi connectivity index (χ1n) is 20.0. The minimum absolute atomic E-state index is 0.0384. The largest absolute Gasteiger partial charge is 0.472 e. The number of phosphoric acid groups is 1. The van der Waals surface area contributed by atoms with E-state index in [2.05, 4.69) is 122 Å². The van der Waals surface area contributed by atoms with Crippen LogP contribution in [0.5, 0.6) is 0 Å². The van der Waals surface area contributed by atoms with E-state index >= 15 is 0 Å². The van der Waals surface area contributed by atoms with Crippen molar-refractivity contribution in [1.29, 1.82) is 0 Å². The maximum Gasteiger partial charge on any atom is 0.472 e. The highest BCUT2D eigenvalue weighted by Crippen LogP contribution is 2.42. The Morgan fingerprint density at radius 3 is 1.49 bits per heavy atom. The van der Waals surface area contributed by atoms with E-state index in [1.54, 1.807) is 6.08 Å². The number of esters is 1. The molecule has 0 aromatic rings. The summed E-state index contributed by atoms with van der Waals surface area (Å²) in [4.78, 5) is 33.7. The molecule has 0 aromatic heterocycles.